The lowest BCUT2D eigenvalue weighted by atomic mass is 9.75. The number of rotatable bonds is 2. The van der Waals surface area contributed by atoms with E-state index in [2.05, 4.69) is 0 Å². The van der Waals surface area contributed by atoms with Crippen LogP contribution in [0.25, 0.3) is 0 Å². The third-order valence-corrected chi connectivity index (χ3v) is 3.04. The molecule has 0 bridgehead atoms. The van der Waals surface area contributed by atoms with Gasteiger partial charge >= 0.3 is 13.3 Å². The van der Waals surface area contributed by atoms with Crippen molar-refractivity contribution in [3.8, 4) is 0 Å². The van der Waals surface area contributed by atoms with Gasteiger partial charge in [0.15, 0.2) is 0 Å². The zero-order valence-corrected chi connectivity index (χ0v) is 9.25. The highest BCUT2D eigenvalue weighted by Crippen LogP contribution is 2.45. The Labute approximate surface area is 97.2 Å². The van der Waals surface area contributed by atoms with Crippen LogP contribution in [0.4, 0.5) is 13.2 Å². The number of aryl methyl sites for hydroxylation is 1. The molecule has 0 saturated heterocycles. The highest BCUT2D eigenvalue weighted by Gasteiger charge is 2.39. The van der Waals surface area contributed by atoms with Crippen LogP contribution in [0.3, 0.4) is 0 Å². The third kappa shape index (κ3) is 2.47. The monoisotopic (exact) mass is 244 g/mol. The van der Waals surface area contributed by atoms with Crippen LogP contribution in [0.15, 0.2) is 12.1 Å². The standard InChI is InChI=1S/C11H12BF3O2/c1-6-4-9(11(13,14)15)8(7-2-3-7)5-10(6)12(16)17/h4-5,7,16-17H,2-3H2,1H3. The molecule has 0 spiro atoms. The fraction of sp³-hybridized carbons (Fsp3) is 0.455. The fourth-order valence-corrected chi connectivity index (χ4v) is 2.00. The lowest BCUT2D eigenvalue weighted by molar-refractivity contribution is -0.138. The molecule has 6 heteroatoms. The van der Waals surface area contributed by atoms with E-state index in [1.54, 1.807) is 0 Å². The molecule has 92 valence electrons. The van der Waals surface area contributed by atoms with Crippen LogP contribution in [0, 0.1) is 6.92 Å². The van der Waals surface area contributed by atoms with Crippen LogP contribution in [0.2, 0.25) is 0 Å². The average molecular weight is 244 g/mol. The molecule has 0 amide bonds. The number of alkyl halides is 3. The van der Waals surface area contributed by atoms with Crippen LogP contribution in [0.5, 0.6) is 0 Å². The smallest absolute Gasteiger partial charge is 0.423 e. The Morgan fingerprint density at radius 2 is 1.82 bits per heavy atom. The van der Waals surface area contributed by atoms with Gasteiger partial charge in [0.1, 0.15) is 0 Å². The third-order valence-electron chi connectivity index (χ3n) is 3.04. The molecule has 2 rings (SSSR count). The van der Waals surface area contributed by atoms with Crippen LogP contribution in [-0.4, -0.2) is 17.2 Å². The zero-order valence-electron chi connectivity index (χ0n) is 9.25. The molecule has 1 aliphatic rings. The van der Waals surface area contributed by atoms with Gasteiger partial charge in [0.25, 0.3) is 0 Å². The van der Waals surface area contributed by atoms with E-state index >= 15 is 0 Å². The second kappa shape index (κ2) is 4.03. The van der Waals surface area contributed by atoms with E-state index in [1.807, 2.05) is 0 Å². The van der Waals surface area contributed by atoms with E-state index in [9.17, 15) is 13.2 Å². The van der Waals surface area contributed by atoms with Gasteiger partial charge in [-0.3, -0.25) is 0 Å². The number of hydrogen-bond acceptors (Lipinski definition) is 2. The summed E-state index contributed by atoms with van der Waals surface area (Å²) in [6.07, 6.45) is -2.93. The predicted molar refractivity (Wildman–Crippen MR) is 58.0 cm³/mol. The Hall–Kier alpha value is -1.01. The molecule has 0 atom stereocenters. The second-order valence-electron chi connectivity index (χ2n) is 4.44. The van der Waals surface area contributed by atoms with Crippen molar-refractivity contribution >= 4 is 12.6 Å². The van der Waals surface area contributed by atoms with Gasteiger partial charge in [-0.15, -0.1) is 0 Å². The first-order valence-corrected chi connectivity index (χ1v) is 5.38. The van der Waals surface area contributed by atoms with Gasteiger partial charge in [-0.05, 0) is 42.8 Å². The molecule has 0 heterocycles. The van der Waals surface area contributed by atoms with Gasteiger partial charge in [-0.2, -0.15) is 13.2 Å². The van der Waals surface area contributed by atoms with Crippen LogP contribution in [-0.2, 0) is 6.18 Å². The van der Waals surface area contributed by atoms with Crippen molar-refractivity contribution in [2.24, 2.45) is 0 Å². The first-order chi connectivity index (χ1) is 7.80. The summed E-state index contributed by atoms with van der Waals surface area (Å²) in [4.78, 5) is 0. The van der Waals surface area contributed by atoms with Crippen molar-refractivity contribution in [3.05, 3.63) is 28.8 Å². The lowest BCUT2D eigenvalue weighted by Gasteiger charge is -2.16. The maximum atomic E-state index is 12.8. The number of halogens is 3. The summed E-state index contributed by atoms with van der Waals surface area (Å²) in [6, 6.07) is 2.28. The Morgan fingerprint density at radius 1 is 1.24 bits per heavy atom. The maximum Gasteiger partial charge on any atom is 0.488 e. The summed E-state index contributed by atoms with van der Waals surface area (Å²) in [5, 5.41) is 18.2. The topological polar surface area (TPSA) is 40.5 Å². The van der Waals surface area contributed by atoms with E-state index in [4.69, 9.17) is 10.0 Å². The molecule has 0 radical (unpaired) electrons. The van der Waals surface area contributed by atoms with E-state index < -0.39 is 18.9 Å². The van der Waals surface area contributed by atoms with Crippen molar-refractivity contribution in [2.75, 3.05) is 0 Å². The molecule has 0 aromatic heterocycles. The minimum Gasteiger partial charge on any atom is -0.423 e. The molecule has 1 saturated carbocycles. The normalized spacial score (nSPS) is 16.1. The number of hydrogen-bond donors (Lipinski definition) is 2. The van der Waals surface area contributed by atoms with E-state index in [0.29, 0.717) is 0 Å². The quantitative estimate of drug-likeness (QED) is 0.775. The highest BCUT2D eigenvalue weighted by molar-refractivity contribution is 6.59. The van der Waals surface area contributed by atoms with Gasteiger partial charge in [-0.25, -0.2) is 0 Å². The molecule has 0 unspecified atom stereocenters. The summed E-state index contributed by atoms with van der Waals surface area (Å²) < 4.78 is 38.5. The summed E-state index contributed by atoms with van der Waals surface area (Å²) >= 11 is 0. The SMILES string of the molecule is Cc1cc(C(F)(F)F)c(C2CC2)cc1B(O)O. The summed E-state index contributed by atoms with van der Waals surface area (Å²) in [7, 11) is -1.73. The lowest BCUT2D eigenvalue weighted by Crippen LogP contribution is -2.33. The zero-order chi connectivity index (χ0) is 12.8. The van der Waals surface area contributed by atoms with Crippen molar-refractivity contribution in [2.45, 2.75) is 31.9 Å². The molecule has 2 N–H and O–H groups in total. The van der Waals surface area contributed by atoms with Gasteiger partial charge < -0.3 is 10.0 Å². The van der Waals surface area contributed by atoms with E-state index in [1.165, 1.54) is 13.0 Å². The first kappa shape index (κ1) is 12.5. The largest absolute Gasteiger partial charge is 0.488 e. The predicted octanol–water partition coefficient (Wildman–Crippen LogP) is 1.57. The van der Waals surface area contributed by atoms with Crippen LogP contribution in [0.1, 0.15) is 35.4 Å². The van der Waals surface area contributed by atoms with Crippen LogP contribution >= 0.6 is 0 Å². The molecule has 1 aliphatic carbocycles. The minimum absolute atomic E-state index is 0.0928. The van der Waals surface area contributed by atoms with Gasteiger partial charge in [0.05, 0.1) is 5.56 Å². The molecular weight excluding hydrogens is 232 g/mol. The molecular formula is C11H12BF3O2. The molecule has 17 heavy (non-hydrogen) atoms. The molecule has 1 fully saturated rings. The molecule has 1 aromatic rings. The van der Waals surface area contributed by atoms with Crippen molar-refractivity contribution in [1.29, 1.82) is 0 Å². The molecule has 1 aromatic carbocycles. The van der Waals surface area contributed by atoms with Crippen molar-refractivity contribution in [3.63, 3.8) is 0 Å². The summed E-state index contributed by atoms with van der Waals surface area (Å²) in [5.41, 5.74) is -0.0651. The summed E-state index contributed by atoms with van der Waals surface area (Å²) in [5.74, 6) is -0.0928. The fourth-order valence-electron chi connectivity index (χ4n) is 2.00. The van der Waals surface area contributed by atoms with Crippen LogP contribution < -0.4 is 5.46 Å². The van der Waals surface area contributed by atoms with Crippen molar-refractivity contribution in [1.82, 2.24) is 0 Å². The van der Waals surface area contributed by atoms with E-state index in [0.717, 1.165) is 18.9 Å². The Kier molecular flexibility index (Phi) is 2.95. The Balaban J connectivity index is 2.56. The average Bonchev–Trinajstić information content (AvgIpc) is 2.98. The van der Waals surface area contributed by atoms with Gasteiger partial charge in [0.2, 0.25) is 0 Å². The summed E-state index contributed by atoms with van der Waals surface area (Å²) in [6.45, 7) is 1.45. The van der Waals surface area contributed by atoms with Crippen molar-refractivity contribution < 1.29 is 23.2 Å². The highest BCUT2D eigenvalue weighted by atomic mass is 19.4. The Bertz CT molecular complexity index is 439. The molecule has 0 aliphatic heterocycles. The maximum absolute atomic E-state index is 12.8. The minimum atomic E-state index is -4.39. The molecule has 2 nitrogen and oxygen atoms in total. The van der Waals surface area contributed by atoms with Gasteiger partial charge in [-0.1, -0.05) is 11.6 Å². The Morgan fingerprint density at radius 3 is 2.24 bits per heavy atom. The number of benzene rings is 1. The second-order valence-corrected chi connectivity index (χ2v) is 4.44. The van der Waals surface area contributed by atoms with Gasteiger partial charge in [0, 0.05) is 0 Å². The van der Waals surface area contributed by atoms with E-state index in [-0.39, 0.29) is 22.5 Å². The first-order valence-electron chi connectivity index (χ1n) is 5.38.